The van der Waals surface area contributed by atoms with Crippen LogP contribution >= 0.6 is 0 Å². The average Bonchev–Trinajstić information content (AvgIpc) is 3.01. The molecule has 2 amide bonds. The molecule has 0 aromatic heterocycles. The van der Waals surface area contributed by atoms with Crippen LogP contribution in [-0.2, 0) is 14.3 Å². The minimum Gasteiger partial charge on any atom is -0.480 e. The minimum atomic E-state index is -0.981. The number of alkyl carbamates (subject to hydrolysis) is 1. The number of ether oxygens (including phenoxy) is 1. The molecular formula is C18H30N2O5. The van der Waals surface area contributed by atoms with Gasteiger partial charge in [-0.2, -0.15) is 0 Å². The van der Waals surface area contributed by atoms with Crippen molar-refractivity contribution < 1.29 is 24.2 Å². The first-order valence-electron chi connectivity index (χ1n) is 9.22. The Morgan fingerprint density at radius 2 is 1.72 bits per heavy atom. The van der Waals surface area contributed by atoms with E-state index in [0.29, 0.717) is 19.4 Å². The molecule has 1 saturated heterocycles. The summed E-state index contributed by atoms with van der Waals surface area (Å²) in [5.41, 5.74) is -0.651. The lowest BCUT2D eigenvalue weighted by atomic mass is 9.83. The van der Waals surface area contributed by atoms with Crippen LogP contribution < -0.4 is 5.32 Å². The molecule has 0 bridgehead atoms. The SMILES string of the molecule is CC(C)(C)OC(=O)N[C@H](C(=O)N1CCCC1C(=O)O)C1CCCCC1. The van der Waals surface area contributed by atoms with Gasteiger partial charge in [-0.05, 0) is 52.4 Å². The van der Waals surface area contributed by atoms with Gasteiger partial charge in [0.25, 0.3) is 0 Å². The van der Waals surface area contributed by atoms with Crippen molar-refractivity contribution in [2.45, 2.75) is 83.4 Å². The second-order valence-electron chi connectivity index (χ2n) is 8.05. The predicted octanol–water partition coefficient (Wildman–Crippen LogP) is 2.54. The van der Waals surface area contributed by atoms with Crippen molar-refractivity contribution in [3.63, 3.8) is 0 Å². The maximum absolute atomic E-state index is 13.1. The molecule has 2 atom stereocenters. The zero-order chi connectivity index (χ0) is 18.6. The van der Waals surface area contributed by atoms with Crippen LogP contribution in [0.3, 0.4) is 0 Å². The lowest BCUT2D eigenvalue weighted by molar-refractivity contribution is -0.149. The van der Waals surface area contributed by atoms with Crippen molar-refractivity contribution >= 4 is 18.0 Å². The van der Waals surface area contributed by atoms with E-state index in [0.717, 1.165) is 32.1 Å². The van der Waals surface area contributed by atoms with E-state index >= 15 is 0 Å². The Morgan fingerprint density at radius 1 is 1.08 bits per heavy atom. The number of carbonyl (C=O) groups is 3. The summed E-state index contributed by atoms with van der Waals surface area (Å²) < 4.78 is 5.31. The Hall–Kier alpha value is -1.79. The molecule has 0 radical (unpaired) electrons. The van der Waals surface area contributed by atoms with Crippen LogP contribution in [0.4, 0.5) is 4.79 Å². The number of nitrogens with zero attached hydrogens (tertiary/aromatic N) is 1. The molecular weight excluding hydrogens is 324 g/mol. The van der Waals surface area contributed by atoms with Gasteiger partial charge in [-0.1, -0.05) is 19.3 Å². The van der Waals surface area contributed by atoms with E-state index < -0.39 is 29.7 Å². The summed E-state index contributed by atoms with van der Waals surface area (Å²) in [6.45, 7) is 5.73. The summed E-state index contributed by atoms with van der Waals surface area (Å²) in [6.07, 6.45) is 5.40. The first kappa shape index (κ1) is 19.5. The number of hydrogen-bond acceptors (Lipinski definition) is 4. The molecule has 142 valence electrons. The van der Waals surface area contributed by atoms with Gasteiger partial charge in [-0.3, -0.25) is 4.79 Å². The van der Waals surface area contributed by atoms with Crippen molar-refractivity contribution in [3.8, 4) is 0 Å². The van der Waals surface area contributed by atoms with E-state index in [1.807, 2.05) is 0 Å². The highest BCUT2D eigenvalue weighted by Crippen LogP contribution is 2.29. The molecule has 2 N–H and O–H groups in total. The molecule has 0 aromatic carbocycles. The molecule has 1 saturated carbocycles. The Labute approximate surface area is 149 Å². The fourth-order valence-corrected chi connectivity index (χ4v) is 3.75. The smallest absolute Gasteiger partial charge is 0.408 e. The first-order valence-corrected chi connectivity index (χ1v) is 9.22. The summed E-state index contributed by atoms with van der Waals surface area (Å²) in [7, 11) is 0. The number of amides is 2. The van der Waals surface area contributed by atoms with E-state index in [-0.39, 0.29) is 11.8 Å². The average molecular weight is 354 g/mol. The second-order valence-corrected chi connectivity index (χ2v) is 8.05. The zero-order valence-electron chi connectivity index (χ0n) is 15.4. The number of hydrogen-bond donors (Lipinski definition) is 2. The highest BCUT2D eigenvalue weighted by atomic mass is 16.6. The Bertz CT molecular complexity index is 508. The fraction of sp³-hybridized carbons (Fsp3) is 0.833. The van der Waals surface area contributed by atoms with E-state index in [1.54, 1.807) is 20.8 Å². The van der Waals surface area contributed by atoms with Crippen LogP contribution in [-0.4, -0.2) is 52.2 Å². The van der Waals surface area contributed by atoms with E-state index in [4.69, 9.17) is 4.74 Å². The fourth-order valence-electron chi connectivity index (χ4n) is 3.75. The Kier molecular flexibility index (Phi) is 6.30. The minimum absolute atomic E-state index is 0.0313. The molecule has 25 heavy (non-hydrogen) atoms. The van der Waals surface area contributed by atoms with Gasteiger partial charge in [-0.25, -0.2) is 9.59 Å². The summed E-state index contributed by atoms with van der Waals surface area (Å²) >= 11 is 0. The van der Waals surface area contributed by atoms with Crippen molar-refractivity contribution in [3.05, 3.63) is 0 Å². The van der Waals surface area contributed by atoms with Crippen LogP contribution in [0.2, 0.25) is 0 Å². The molecule has 2 rings (SSSR count). The van der Waals surface area contributed by atoms with Gasteiger partial charge in [-0.15, -0.1) is 0 Å². The van der Waals surface area contributed by atoms with Gasteiger partial charge >= 0.3 is 12.1 Å². The van der Waals surface area contributed by atoms with E-state index in [9.17, 15) is 19.5 Å². The van der Waals surface area contributed by atoms with Crippen molar-refractivity contribution in [2.75, 3.05) is 6.54 Å². The standard InChI is InChI=1S/C18H30N2O5/c1-18(2,3)25-17(24)19-14(12-8-5-4-6-9-12)15(21)20-11-7-10-13(20)16(22)23/h12-14H,4-11H2,1-3H3,(H,19,24)(H,22,23)/t13?,14-/m0/s1. The normalized spacial score (nSPS) is 23.2. The molecule has 0 aromatic rings. The molecule has 1 heterocycles. The number of aliphatic carboxylic acids is 1. The molecule has 7 heteroatoms. The van der Waals surface area contributed by atoms with Gasteiger partial charge in [0.1, 0.15) is 17.7 Å². The lowest BCUT2D eigenvalue weighted by Crippen LogP contribution is -2.55. The topological polar surface area (TPSA) is 95.9 Å². The highest BCUT2D eigenvalue weighted by Gasteiger charge is 2.41. The maximum Gasteiger partial charge on any atom is 0.408 e. The van der Waals surface area contributed by atoms with Gasteiger partial charge in [0.2, 0.25) is 5.91 Å². The number of rotatable bonds is 4. The summed E-state index contributed by atoms with van der Waals surface area (Å²) in [5, 5.41) is 12.1. The molecule has 2 fully saturated rings. The van der Waals surface area contributed by atoms with E-state index in [1.165, 1.54) is 4.90 Å². The van der Waals surface area contributed by atoms with Gasteiger partial charge in [0.05, 0.1) is 0 Å². The Morgan fingerprint density at radius 3 is 2.28 bits per heavy atom. The van der Waals surface area contributed by atoms with Crippen molar-refractivity contribution in [2.24, 2.45) is 5.92 Å². The van der Waals surface area contributed by atoms with Crippen LogP contribution in [0.25, 0.3) is 0 Å². The highest BCUT2D eigenvalue weighted by molar-refractivity contribution is 5.90. The van der Waals surface area contributed by atoms with Gasteiger partial charge in [0, 0.05) is 6.54 Å². The third-order valence-corrected chi connectivity index (χ3v) is 4.88. The number of carboxylic acid groups (broad SMARTS) is 1. The summed E-state index contributed by atoms with van der Waals surface area (Å²) in [4.78, 5) is 38.1. The molecule has 1 aliphatic heterocycles. The number of carbonyl (C=O) groups excluding carboxylic acids is 2. The van der Waals surface area contributed by atoms with Crippen molar-refractivity contribution in [1.29, 1.82) is 0 Å². The van der Waals surface area contributed by atoms with Crippen LogP contribution in [0.15, 0.2) is 0 Å². The van der Waals surface area contributed by atoms with Gasteiger partial charge < -0.3 is 20.1 Å². The first-order chi connectivity index (χ1) is 11.7. The lowest BCUT2D eigenvalue weighted by Gasteiger charge is -2.34. The largest absolute Gasteiger partial charge is 0.480 e. The van der Waals surface area contributed by atoms with Crippen LogP contribution in [0.1, 0.15) is 65.7 Å². The maximum atomic E-state index is 13.1. The molecule has 7 nitrogen and oxygen atoms in total. The number of nitrogens with one attached hydrogen (secondary N) is 1. The quantitative estimate of drug-likeness (QED) is 0.809. The Balaban J connectivity index is 2.14. The molecule has 1 unspecified atom stereocenters. The van der Waals surface area contributed by atoms with Gasteiger partial charge in [0.15, 0.2) is 0 Å². The molecule has 1 aliphatic carbocycles. The van der Waals surface area contributed by atoms with Crippen LogP contribution in [0.5, 0.6) is 0 Å². The van der Waals surface area contributed by atoms with Crippen molar-refractivity contribution in [1.82, 2.24) is 10.2 Å². The third-order valence-electron chi connectivity index (χ3n) is 4.88. The second kappa shape index (κ2) is 8.06. The summed E-state index contributed by atoms with van der Waals surface area (Å²) in [6, 6.07) is -1.51. The number of likely N-dealkylation sites (tertiary alicyclic amines) is 1. The predicted molar refractivity (Wildman–Crippen MR) is 92.1 cm³/mol. The molecule has 2 aliphatic rings. The number of carboxylic acids is 1. The van der Waals surface area contributed by atoms with Crippen LogP contribution in [0, 0.1) is 5.92 Å². The van der Waals surface area contributed by atoms with E-state index in [2.05, 4.69) is 5.32 Å². The zero-order valence-corrected chi connectivity index (χ0v) is 15.4. The molecule has 0 spiro atoms. The third kappa shape index (κ3) is 5.34. The summed E-state index contributed by atoms with van der Waals surface area (Å²) in [5.74, 6) is -1.24. The monoisotopic (exact) mass is 354 g/mol.